The van der Waals surface area contributed by atoms with Crippen LogP contribution in [-0.4, -0.2) is 58.4 Å². The Morgan fingerprint density at radius 2 is 2.08 bits per heavy atom. The van der Waals surface area contributed by atoms with E-state index < -0.39 is 10.7 Å². The maximum Gasteiger partial charge on any atom is 0.319 e. The van der Waals surface area contributed by atoms with Crippen molar-refractivity contribution in [2.75, 3.05) is 25.1 Å². The Morgan fingerprint density at radius 1 is 1.30 bits per heavy atom. The summed E-state index contributed by atoms with van der Waals surface area (Å²) in [6.07, 6.45) is 10.3. The lowest BCUT2D eigenvalue weighted by atomic mass is 10.1. The molecule has 0 unspecified atom stereocenters. The van der Waals surface area contributed by atoms with Crippen molar-refractivity contribution in [3.63, 3.8) is 0 Å². The monoisotopic (exact) mass is 601 g/mol. The highest BCUT2D eigenvalue weighted by molar-refractivity contribution is 8.03. The van der Waals surface area contributed by atoms with E-state index in [1.807, 2.05) is 42.1 Å². The molecule has 0 aliphatic heterocycles. The van der Waals surface area contributed by atoms with Crippen molar-refractivity contribution in [2.45, 2.75) is 63.0 Å². The average molecular weight is 602 g/mol. The summed E-state index contributed by atoms with van der Waals surface area (Å²) in [5.41, 5.74) is 5.26. The minimum atomic E-state index is -0.931. The minimum Gasteiger partial charge on any atom is -0.480 e. The zero-order chi connectivity index (χ0) is 29.5. The van der Waals surface area contributed by atoms with Crippen molar-refractivity contribution >= 4 is 59.3 Å². The van der Waals surface area contributed by atoms with Crippen molar-refractivity contribution in [1.29, 1.82) is 0 Å². The topological polar surface area (TPSA) is 90.2 Å². The van der Waals surface area contributed by atoms with Gasteiger partial charge in [-0.25, -0.2) is 4.98 Å². The summed E-state index contributed by atoms with van der Waals surface area (Å²) < 4.78 is -0.172. The van der Waals surface area contributed by atoms with Gasteiger partial charge in [-0.2, -0.15) is 0 Å². The van der Waals surface area contributed by atoms with Crippen LogP contribution in [0.25, 0.3) is 0 Å². The molecule has 2 aromatic rings. The number of rotatable bonds is 17. The number of carboxylic acids is 1. The molecular weight excluding hydrogens is 562 g/mol. The first-order valence-corrected chi connectivity index (χ1v) is 15.3. The third kappa shape index (κ3) is 12.2. The third-order valence-electron chi connectivity index (χ3n) is 5.92. The maximum absolute atomic E-state index is 11.5. The number of aliphatic carboxylic acids is 1. The standard InChI is InChI=1S/C30H40ClN5O2S2/c1-7-22(3)14-24(18-34-26-11-9-10-25(31)15-26)19-36(21-33-17-23(8-2)16-32-6)13-12-27-20-39-29(35-27)40-30(4,5)28(37)38/h9-11,14-18,20,34H,6-8,12-13,19,21H2,1-5H3,(H,37,38)/b22-14+,23-16-,24-18+,33-17-. The number of halogens is 1. The highest BCUT2D eigenvalue weighted by Crippen LogP contribution is 2.34. The van der Waals surface area contributed by atoms with Crippen molar-refractivity contribution in [1.82, 2.24) is 9.88 Å². The van der Waals surface area contributed by atoms with Crippen LogP contribution in [-0.2, 0) is 11.2 Å². The Kier molecular flexibility index (Phi) is 14.4. The fourth-order valence-corrected chi connectivity index (χ4v) is 5.77. The maximum atomic E-state index is 11.5. The van der Waals surface area contributed by atoms with Crippen LogP contribution in [0.4, 0.5) is 5.69 Å². The summed E-state index contributed by atoms with van der Waals surface area (Å²) in [5, 5.41) is 15.5. The van der Waals surface area contributed by atoms with Crippen molar-refractivity contribution in [3.8, 4) is 0 Å². The molecule has 0 radical (unpaired) electrons. The van der Waals surface area contributed by atoms with E-state index in [1.165, 1.54) is 28.7 Å². The number of hydrogen-bond acceptors (Lipinski definition) is 8. The molecular formula is C30H40ClN5O2S2. The van der Waals surface area contributed by atoms with Crippen molar-refractivity contribution in [2.24, 2.45) is 9.98 Å². The van der Waals surface area contributed by atoms with E-state index in [0.717, 1.165) is 52.7 Å². The summed E-state index contributed by atoms with van der Waals surface area (Å²) in [4.78, 5) is 27.1. The molecule has 1 aromatic heterocycles. The molecule has 0 saturated carbocycles. The fourth-order valence-electron chi connectivity index (χ4n) is 3.36. The molecule has 40 heavy (non-hydrogen) atoms. The first kappa shape index (κ1) is 33.5. The van der Waals surface area contributed by atoms with Crippen LogP contribution in [0.2, 0.25) is 5.02 Å². The first-order valence-electron chi connectivity index (χ1n) is 13.2. The number of aromatic nitrogens is 1. The molecule has 2 N–H and O–H groups in total. The SMILES string of the molecule is C=N/C=C(\C=N/CN(CCc1csc(SC(C)(C)C(=O)O)n1)CC(/C=C(\C)CC)=C/Nc1cccc(Cl)c1)CC. The molecule has 0 bridgehead atoms. The Labute approximate surface area is 251 Å². The number of thioether (sulfide) groups is 1. The summed E-state index contributed by atoms with van der Waals surface area (Å²) in [7, 11) is 0. The number of thiazole rings is 1. The van der Waals surface area contributed by atoms with E-state index in [-0.39, 0.29) is 0 Å². The van der Waals surface area contributed by atoms with Gasteiger partial charge in [-0.05, 0) is 69.7 Å². The lowest BCUT2D eigenvalue weighted by Crippen LogP contribution is -2.29. The van der Waals surface area contributed by atoms with Gasteiger partial charge in [0.05, 0.1) is 12.4 Å². The molecule has 0 fully saturated rings. The van der Waals surface area contributed by atoms with Gasteiger partial charge in [0.2, 0.25) is 0 Å². The second kappa shape index (κ2) is 17.2. The number of nitrogens with zero attached hydrogens (tertiary/aromatic N) is 4. The molecule has 0 spiro atoms. The Hall–Kier alpha value is -2.72. The Bertz CT molecular complexity index is 1250. The molecule has 1 aromatic carbocycles. The molecule has 0 amide bonds. The van der Waals surface area contributed by atoms with Gasteiger partial charge >= 0.3 is 5.97 Å². The van der Waals surface area contributed by atoms with Crippen LogP contribution >= 0.6 is 34.7 Å². The van der Waals surface area contributed by atoms with E-state index in [0.29, 0.717) is 18.2 Å². The van der Waals surface area contributed by atoms with Crippen LogP contribution in [0.1, 0.15) is 53.2 Å². The molecule has 0 aliphatic rings. The lowest BCUT2D eigenvalue weighted by molar-refractivity contribution is -0.138. The molecule has 10 heteroatoms. The number of allylic oxidation sites excluding steroid dienone is 2. The van der Waals surface area contributed by atoms with Gasteiger partial charge in [0.15, 0.2) is 4.34 Å². The number of aliphatic imine (C=N–C) groups is 2. The minimum absolute atomic E-state index is 0.500. The largest absolute Gasteiger partial charge is 0.480 e. The fraction of sp³-hybridized carbons (Fsp3) is 0.400. The number of carboxylic acid groups (broad SMARTS) is 1. The second-order valence-corrected chi connectivity index (χ2v) is 12.9. The summed E-state index contributed by atoms with van der Waals surface area (Å²) in [6, 6.07) is 7.64. The van der Waals surface area contributed by atoms with Gasteiger partial charge in [0.1, 0.15) is 4.75 Å². The zero-order valence-electron chi connectivity index (χ0n) is 24.0. The number of hydrogen-bond donors (Lipinski definition) is 2. The van der Waals surface area contributed by atoms with Crippen LogP contribution < -0.4 is 5.32 Å². The van der Waals surface area contributed by atoms with E-state index in [9.17, 15) is 9.90 Å². The molecule has 0 aliphatic carbocycles. The normalized spacial score (nSPS) is 13.3. The number of carbonyl (C=O) groups is 1. The van der Waals surface area contributed by atoms with Gasteiger partial charge in [-0.3, -0.25) is 19.7 Å². The van der Waals surface area contributed by atoms with Gasteiger partial charge in [-0.15, -0.1) is 11.3 Å². The van der Waals surface area contributed by atoms with E-state index in [2.05, 4.69) is 48.8 Å². The molecule has 0 saturated heterocycles. The van der Waals surface area contributed by atoms with Gasteiger partial charge < -0.3 is 10.4 Å². The van der Waals surface area contributed by atoms with E-state index in [1.54, 1.807) is 20.0 Å². The Balaban J connectivity index is 2.24. The number of benzene rings is 1. The highest BCUT2D eigenvalue weighted by atomic mass is 35.5. The molecule has 216 valence electrons. The Morgan fingerprint density at radius 3 is 2.73 bits per heavy atom. The first-order chi connectivity index (χ1) is 19.1. The van der Waals surface area contributed by atoms with Crippen LogP contribution in [0.15, 0.2) is 79.2 Å². The second-order valence-electron chi connectivity index (χ2n) is 9.74. The van der Waals surface area contributed by atoms with Crippen molar-refractivity contribution in [3.05, 3.63) is 75.6 Å². The molecule has 0 atom stereocenters. The molecule has 1 heterocycles. The van der Waals surface area contributed by atoms with Crippen LogP contribution in [0.3, 0.4) is 0 Å². The van der Waals surface area contributed by atoms with Gasteiger partial charge in [0, 0.05) is 54.2 Å². The van der Waals surface area contributed by atoms with E-state index >= 15 is 0 Å². The summed E-state index contributed by atoms with van der Waals surface area (Å²) in [5.74, 6) is -0.855. The quantitative estimate of drug-likeness (QED) is 0.109. The van der Waals surface area contributed by atoms with Crippen LogP contribution in [0, 0.1) is 0 Å². The summed E-state index contributed by atoms with van der Waals surface area (Å²) >= 11 is 8.93. The van der Waals surface area contributed by atoms with Crippen LogP contribution in [0.5, 0.6) is 0 Å². The number of nitrogens with one attached hydrogen (secondary N) is 1. The smallest absolute Gasteiger partial charge is 0.319 e. The summed E-state index contributed by atoms with van der Waals surface area (Å²) in [6.45, 7) is 15.2. The number of anilines is 1. The lowest BCUT2D eigenvalue weighted by Gasteiger charge is -2.21. The molecule has 2 rings (SSSR count). The van der Waals surface area contributed by atoms with Crippen molar-refractivity contribution < 1.29 is 9.90 Å². The zero-order valence-corrected chi connectivity index (χ0v) is 26.4. The van der Waals surface area contributed by atoms with Gasteiger partial charge in [-0.1, -0.05) is 54.9 Å². The van der Waals surface area contributed by atoms with E-state index in [4.69, 9.17) is 21.6 Å². The third-order valence-corrected chi connectivity index (χ3v) is 8.33. The average Bonchev–Trinajstić information content (AvgIpc) is 3.35. The van der Waals surface area contributed by atoms with Gasteiger partial charge in [0.25, 0.3) is 0 Å². The predicted molar refractivity (Wildman–Crippen MR) is 173 cm³/mol. The predicted octanol–water partition coefficient (Wildman–Crippen LogP) is 7.97. The molecule has 7 nitrogen and oxygen atoms in total. The highest BCUT2D eigenvalue weighted by Gasteiger charge is 2.29.